The first-order chi connectivity index (χ1) is 23.5. The van der Waals surface area contributed by atoms with Crippen molar-refractivity contribution >= 4 is 44.8 Å². The first kappa shape index (κ1) is 28.4. The second kappa shape index (κ2) is 10.6. The highest BCUT2D eigenvalue weighted by atomic mass is 79.9. The quantitative estimate of drug-likeness (QED) is 0.204. The number of anilines is 2. The van der Waals surface area contributed by atoms with Crippen molar-refractivity contribution in [3.63, 3.8) is 0 Å². The number of para-hydroxylation sites is 1. The van der Waals surface area contributed by atoms with Gasteiger partial charge < -0.3 is 10.2 Å². The van der Waals surface area contributed by atoms with Crippen LogP contribution in [0.5, 0.6) is 0 Å². The van der Waals surface area contributed by atoms with E-state index in [9.17, 15) is 9.59 Å². The molecule has 1 spiro atoms. The molecule has 0 saturated carbocycles. The van der Waals surface area contributed by atoms with Gasteiger partial charge in [-0.1, -0.05) is 119 Å². The maximum Gasteiger partial charge on any atom is 0.248 e. The number of hydrogen-bond acceptors (Lipinski definition) is 5. The molecule has 2 aliphatic heterocycles. The minimum Gasteiger partial charge on any atom is -0.349 e. The monoisotopic (exact) mass is 688 g/mol. The number of benzene rings is 5. The fourth-order valence-corrected chi connectivity index (χ4v) is 7.66. The molecule has 230 valence electrons. The molecule has 0 radical (unpaired) electrons. The van der Waals surface area contributed by atoms with Crippen molar-refractivity contribution in [2.24, 2.45) is 0 Å². The summed E-state index contributed by atoms with van der Waals surface area (Å²) < 4.78 is 2.65. The van der Waals surface area contributed by atoms with Gasteiger partial charge in [0.2, 0.25) is 11.7 Å². The number of hydrogen-bond donors (Lipinski definition) is 1. The maximum absolute atomic E-state index is 15.7. The molecule has 6 aromatic rings. The number of carbonyl (C=O) groups is 3. The molecule has 1 amide bonds. The summed E-state index contributed by atoms with van der Waals surface area (Å²) in [5.74, 6) is -1.03. The van der Waals surface area contributed by atoms with Gasteiger partial charge in [-0.25, -0.2) is 4.68 Å². The van der Waals surface area contributed by atoms with Crippen molar-refractivity contribution in [3.05, 3.63) is 177 Å². The highest BCUT2D eigenvalue weighted by Crippen LogP contribution is 2.59. The maximum atomic E-state index is 15.7. The molecule has 1 unspecified atom stereocenters. The Hall–Kier alpha value is -5.86. The van der Waals surface area contributed by atoms with Gasteiger partial charge in [-0.2, -0.15) is 5.10 Å². The molecule has 0 saturated heterocycles. The van der Waals surface area contributed by atoms with Crippen molar-refractivity contribution in [2.45, 2.75) is 12.0 Å². The van der Waals surface area contributed by atoms with Gasteiger partial charge in [0.25, 0.3) is 0 Å². The van der Waals surface area contributed by atoms with Gasteiger partial charge in [0, 0.05) is 32.4 Å². The van der Waals surface area contributed by atoms with Crippen molar-refractivity contribution < 1.29 is 14.4 Å². The lowest BCUT2D eigenvalue weighted by atomic mass is 9.64. The minimum absolute atomic E-state index is 0.100. The number of amides is 1. The fraction of sp³-hybridized carbons (Fsp3) is 0.0500. The molecular weight excluding hydrogens is 664 g/mol. The van der Waals surface area contributed by atoms with E-state index in [4.69, 9.17) is 5.10 Å². The average molecular weight is 690 g/mol. The van der Waals surface area contributed by atoms with Gasteiger partial charge >= 0.3 is 0 Å². The number of Topliss-reactive ketones (excluding diaryl/α,β-unsaturated/α-hetero) is 2. The van der Waals surface area contributed by atoms with Crippen LogP contribution in [-0.4, -0.2) is 27.3 Å². The summed E-state index contributed by atoms with van der Waals surface area (Å²) in [5.41, 5.74) is 4.37. The molecule has 1 aromatic heterocycles. The molecular formula is C40H25BrN4O3. The van der Waals surface area contributed by atoms with Crippen LogP contribution >= 0.6 is 15.9 Å². The molecule has 3 aliphatic rings. The van der Waals surface area contributed by atoms with Crippen LogP contribution in [0.3, 0.4) is 0 Å². The predicted octanol–water partition coefficient (Wildman–Crippen LogP) is 7.89. The predicted molar refractivity (Wildman–Crippen MR) is 187 cm³/mol. The molecule has 1 N–H and O–H groups in total. The molecule has 48 heavy (non-hydrogen) atoms. The van der Waals surface area contributed by atoms with Gasteiger partial charge in [0.05, 0.1) is 34.9 Å². The zero-order chi connectivity index (χ0) is 32.6. The molecule has 1 aliphatic carbocycles. The Morgan fingerprint density at radius 1 is 0.688 bits per heavy atom. The van der Waals surface area contributed by atoms with Crippen LogP contribution in [0, 0.1) is 0 Å². The van der Waals surface area contributed by atoms with Gasteiger partial charge in [-0.3, -0.25) is 14.4 Å². The van der Waals surface area contributed by atoms with Crippen LogP contribution in [-0.2, 0) is 16.8 Å². The van der Waals surface area contributed by atoms with E-state index in [1.807, 2.05) is 109 Å². The van der Waals surface area contributed by atoms with Gasteiger partial charge in [0.1, 0.15) is 5.69 Å². The number of nitrogens with zero attached hydrogens (tertiary/aromatic N) is 3. The van der Waals surface area contributed by atoms with Crippen molar-refractivity contribution in [3.8, 4) is 16.9 Å². The van der Waals surface area contributed by atoms with E-state index in [0.717, 1.165) is 15.6 Å². The SMILES string of the molecule is O=C1C2=C(C(=O)c3ccccc31)C1(C(=O)N(Cc3ccccc3)c3ccccc31)c1c(c(-c3ccccc3)nn1-c1ccc(Br)cc1)N2. The van der Waals surface area contributed by atoms with E-state index in [0.29, 0.717) is 39.6 Å². The van der Waals surface area contributed by atoms with Crippen LogP contribution in [0.25, 0.3) is 16.9 Å². The molecule has 0 fully saturated rings. The molecule has 7 nitrogen and oxygen atoms in total. The number of rotatable bonds is 4. The van der Waals surface area contributed by atoms with Crippen molar-refractivity contribution in [2.75, 3.05) is 10.2 Å². The van der Waals surface area contributed by atoms with Crippen LogP contribution in [0.2, 0.25) is 0 Å². The normalized spacial score (nSPS) is 17.6. The second-order valence-electron chi connectivity index (χ2n) is 12.0. The molecule has 1 atom stereocenters. The molecule has 5 aromatic carbocycles. The van der Waals surface area contributed by atoms with Crippen LogP contribution in [0.4, 0.5) is 11.4 Å². The Morgan fingerprint density at radius 3 is 2.04 bits per heavy atom. The Morgan fingerprint density at radius 2 is 1.31 bits per heavy atom. The van der Waals surface area contributed by atoms with Crippen LogP contribution in [0.1, 0.15) is 37.5 Å². The summed E-state index contributed by atoms with van der Waals surface area (Å²) in [6.07, 6.45) is 0. The Balaban J connectivity index is 1.42. The first-order valence-electron chi connectivity index (χ1n) is 15.6. The van der Waals surface area contributed by atoms with E-state index in [2.05, 4.69) is 21.2 Å². The van der Waals surface area contributed by atoms with E-state index in [1.54, 1.807) is 33.8 Å². The third-order valence-corrected chi connectivity index (χ3v) is 9.98. The summed E-state index contributed by atoms with van der Waals surface area (Å²) in [6, 6.07) is 41.5. The number of nitrogens with one attached hydrogen (secondary N) is 1. The summed E-state index contributed by atoms with van der Waals surface area (Å²) in [7, 11) is 0. The molecule has 8 heteroatoms. The summed E-state index contributed by atoms with van der Waals surface area (Å²) in [6.45, 7) is 0.278. The van der Waals surface area contributed by atoms with E-state index >= 15 is 4.79 Å². The topological polar surface area (TPSA) is 84.3 Å². The van der Waals surface area contributed by atoms with Crippen LogP contribution in [0.15, 0.2) is 149 Å². The molecule has 3 heterocycles. The van der Waals surface area contributed by atoms with Crippen molar-refractivity contribution in [1.29, 1.82) is 0 Å². The lowest BCUT2D eigenvalue weighted by molar-refractivity contribution is -0.121. The molecule has 0 bridgehead atoms. The minimum atomic E-state index is -1.70. The van der Waals surface area contributed by atoms with E-state index < -0.39 is 5.41 Å². The van der Waals surface area contributed by atoms with Gasteiger partial charge in [-0.05, 0) is 35.9 Å². The zero-order valence-corrected chi connectivity index (χ0v) is 26.9. The lowest BCUT2D eigenvalue weighted by Gasteiger charge is -2.39. The number of halogens is 1. The second-order valence-corrected chi connectivity index (χ2v) is 13.0. The Labute approximate surface area is 284 Å². The standard InChI is InChI=1S/C40H25BrN4O3/c41-26-19-21-27(22-20-26)45-38-35(33(43-45)25-13-5-2-6-14-25)42-34-32(36(46)28-15-7-8-16-29(28)37(34)47)40(38)30-17-9-10-18-31(30)44(39(40)48)23-24-11-3-1-4-12-24/h1-22,42H,23H2. The summed E-state index contributed by atoms with van der Waals surface area (Å²) >= 11 is 3.55. The number of carbonyl (C=O) groups excluding carboxylic acids is 3. The third kappa shape index (κ3) is 3.86. The zero-order valence-electron chi connectivity index (χ0n) is 25.4. The highest BCUT2D eigenvalue weighted by Gasteiger charge is 2.63. The van der Waals surface area contributed by atoms with E-state index in [1.165, 1.54) is 0 Å². The average Bonchev–Trinajstić information content (AvgIpc) is 3.62. The van der Waals surface area contributed by atoms with E-state index in [-0.39, 0.29) is 40.9 Å². The van der Waals surface area contributed by atoms with Crippen molar-refractivity contribution in [1.82, 2.24) is 9.78 Å². The van der Waals surface area contributed by atoms with Crippen LogP contribution < -0.4 is 10.2 Å². The lowest BCUT2D eigenvalue weighted by Crippen LogP contribution is -2.50. The fourth-order valence-electron chi connectivity index (χ4n) is 7.39. The summed E-state index contributed by atoms with van der Waals surface area (Å²) in [5, 5.41) is 8.57. The number of aromatic nitrogens is 2. The number of fused-ring (bicyclic) bond motifs is 6. The third-order valence-electron chi connectivity index (χ3n) is 9.45. The summed E-state index contributed by atoms with van der Waals surface area (Å²) in [4.78, 5) is 46.8. The van der Waals surface area contributed by atoms with Gasteiger partial charge in [0.15, 0.2) is 11.2 Å². The number of allylic oxidation sites excluding steroid dienone is 1. The first-order valence-corrected chi connectivity index (χ1v) is 16.4. The van der Waals surface area contributed by atoms with Gasteiger partial charge in [-0.15, -0.1) is 0 Å². The smallest absolute Gasteiger partial charge is 0.248 e. The Bertz CT molecular complexity index is 2360. The number of ketones is 2. The highest BCUT2D eigenvalue weighted by molar-refractivity contribution is 9.10. The molecule has 9 rings (SSSR count). The Kier molecular flexibility index (Phi) is 6.26. The largest absolute Gasteiger partial charge is 0.349 e.